The molecular formula is C13H19NO5S. The van der Waals surface area contributed by atoms with Crippen LogP contribution in [0.15, 0.2) is 22.8 Å². The molecule has 6 nitrogen and oxygen atoms in total. The third-order valence-corrected chi connectivity index (χ3v) is 5.42. The molecule has 0 bridgehead atoms. The van der Waals surface area contributed by atoms with Crippen LogP contribution in [0.5, 0.6) is 0 Å². The van der Waals surface area contributed by atoms with Crippen LogP contribution in [0.3, 0.4) is 0 Å². The highest BCUT2D eigenvalue weighted by molar-refractivity contribution is 7.89. The zero-order chi connectivity index (χ0) is 14.6. The molecule has 1 aromatic heterocycles. The predicted molar refractivity (Wildman–Crippen MR) is 72.5 cm³/mol. The summed E-state index contributed by atoms with van der Waals surface area (Å²) in [5.74, 6) is -0.881. The molecule has 1 aliphatic carbocycles. The third kappa shape index (κ3) is 3.83. The SMILES string of the molecule is O=C(O)CCS(=O)(=O)N(Cc1ccco1)C1CCCC1. The van der Waals surface area contributed by atoms with Gasteiger partial charge in [0, 0.05) is 6.04 Å². The zero-order valence-electron chi connectivity index (χ0n) is 11.2. The minimum absolute atomic E-state index is 0.0427. The number of nitrogens with zero attached hydrogens (tertiary/aromatic N) is 1. The van der Waals surface area contributed by atoms with Gasteiger partial charge in [0.05, 0.1) is 25.0 Å². The predicted octanol–water partition coefficient (Wildman–Crippen LogP) is 1.83. The van der Waals surface area contributed by atoms with Gasteiger partial charge in [-0.25, -0.2) is 8.42 Å². The number of aliphatic carboxylic acids is 1. The molecule has 1 N–H and O–H groups in total. The van der Waals surface area contributed by atoms with Gasteiger partial charge in [0.25, 0.3) is 0 Å². The van der Waals surface area contributed by atoms with E-state index >= 15 is 0 Å². The molecule has 20 heavy (non-hydrogen) atoms. The van der Waals surface area contributed by atoms with Crippen LogP contribution in [0, 0.1) is 0 Å². The Morgan fingerprint density at radius 3 is 2.65 bits per heavy atom. The monoisotopic (exact) mass is 301 g/mol. The summed E-state index contributed by atoms with van der Waals surface area (Å²) in [5.41, 5.74) is 0. The smallest absolute Gasteiger partial charge is 0.304 e. The summed E-state index contributed by atoms with van der Waals surface area (Å²) in [7, 11) is -3.58. The van der Waals surface area contributed by atoms with Crippen molar-refractivity contribution in [3.8, 4) is 0 Å². The van der Waals surface area contributed by atoms with E-state index in [0.29, 0.717) is 5.76 Å². The highest BCUT2D eigenvalue weighted by Crippen LogP contribution is 2.27. The summed E-state index contributed by atoms with van der Waals surface area (Å²) in [6.45, 7) is 0.180. The number of carboxylic acid groups (broad SMARTS) is 1. The highest BCUT2D eigenvalue weighted by Gasteiger charge is 2.32. The molecule has 1 aliphatic rings. The van der Waals surface area contributed by atoms with E-state index < -0.39 is 16.0 Å². The lowest BCUT2D eigenvalue weighted by molar-refractivity contribution is -0.136. The van der Waals surface area contributed by atoms with Gasteiger partial charge in [-0.05, 0) is 25.0 Å². The highest BCUT2D eigenvalue weighted by atomic mass is 32.2. The van der Waals surface area contributed by atoms with Crippen molar-refractivity contribution in [2.75, 3.05) is 5.75 Å². The number of carbonyl (C=O) groups is 1. The summed E-state index contributed by atoms with van der Waals surface area (Å²) in [6.07, 6.45) is 4.80. The van der Waals surface area contributed by atoms with Crippen LogP contribution in [0.1, 0.15) is 37.9 Å². The fourth-order valence-corrected chi connectivity index (χ4v) is 4.19. The maximum absolute atomic E-state index is 12.4. The Kier molecular flexibility index (Phi) is 4.82. The minimum atomic E-state index is -3.58. The van der Waals surface area contributed by atoms with E-state index in [1.54, 1.807) is 12.1 Å². The first kappa shape index (κ1) is 15.1. The van der Waals surface area contributed by atoms with Crippen LogP contribution in [0.25, 0.3) is 0 Å². The fourth-order valence-electron chi connectivity index (χ4n) is 2.54. The number of hydrogen-bond donors (Lipinski definition) is 1. The van der Waals surface area contributed by atoms with Gasteiger partial charge >= 0.3 is 5.97 Å². The summed E-state index contributed by atoms with van der Waals surface area (Å²) in [5, 5.41) is 8.68. The minimum Gasteiger partial charge on any atom is -0.481 e. The van der Waals surface area contributed by atoms with Crippen LogP contribution in [0.2, 0.25) is 0 Å². The van der Waals surface area contributed by atoms with Crippen LogP contribution in [0.4, 0.5) is 0 Å². The second kappa shape index (κ2) is 6.41. The Balaban J connectivity index is 2.14. The van der Waals surface area contributed by atoms with E-state index in [0.717, 1.165) is 25.7 Å². The van der Waals surface area contributed by atoms with Crippen molar-refractivity contribution in [2.45, 2.75) is 44.7 Å². The molecule has 0 unspecified atom stereocenters. The van der Waals surface area contributed by atoms with E-state index in [-0.39, 0.29) is 24.8 Å². The Labute approximate surface area is 118 Å². The summed E-state index contributed by atoms with van der Waals surface area (Å²) >= 11 is 0. The van der Waals surface area contributed by atoms with Gasteiger partial charge < -0.3 is 9.52 Å². The molecular weight excluding hydrogens is 282 g/mol. The standard InChI is InChI=1S/C13H19NO5S/c15-13(16)7-9-20(17,18)14(11-4-1-2-5-11)10-12-6-3-8-19-12/h3,6,8,11H,1-2,4-5,7,9-10H2,(H,15,16). The lowest BCUT2D eigenvalue weighted by Gasteiger charge is -2.27. The molecule has 0 aromatic carbocycles. The van der Waals surface area contributed by atoms with Gasteiger partial charge in [0.15, 0.2) is 0 Å². The van der Waals surface area contributed by atoms with E-state index in [1.807, 2.05) is 0 Å². The van der Waals surface area contributed by atoms with Crippen molar-refractivity contribution < 1.29 is 22.7 Å². The number of carboxylic acids is 1. The van der Waals surface area contributed by atoms with Gasteiger partial charge in [-0.1, -0.05) is 12.8 Å². The lowest BCUT2D eigenvalue weighted by Crippen LogP contribution is -2.40. The number of hydrogen-bond acceptors (Lipinski definition) is 4. The van der Waals surface area contributed by atoms with E-state index in [1.165, 1.54) is 10.6 Å². The zero-order valence-corrected chi connectivity index (χ0v) is 12.0. The van der Waals surface area contributed by atoms with Crippen molar-refractivity contribution in [3.63, 3.8) is 0 Å². The molecule has 112 valence electrons. The molecule has 1 heterocycles. The molecule has 0 amide bonds. The molecule has 1 saturated carbocycles. The quantitative estimate of drug-likeness (QED) is 0.830. The van der Waals surface area contributed by atoms with Gasteiger partial charge in [0.1, 0.15) is 5.76 Å². The Morgan fingerprint density at radius 2 is 2.10 bits per heavy atom. The van der Waals surface area contributed by atoms with Crippen molar-refractivity contribution in [3.05, 3.63) is 24.2 Å². The largest absolute Gasteiger partial charge is 0.481 e. The Hall–Kier alpha value is -1.34. The molecule has 2 rings (SSSR count). The molecule has 0 spiro atoms. The second-order valence-electron chi connectivity index (χ2n) is 5.02. The number of rotatable bonds is 7. The summed E-state index contributed by atoms with van der Waals surface area (Å²) < 4.78 is 31.4. The van der Waals surface area contributed by atoms with Crippen LogP contribution in [-0.2, 0) is 21.4 Å². The average molecular weight is 301 g/mol. The Bertz CT molecular complexity index is 531. The first-order valence-electron chi connectivity index (χ1n) is 6.73. The van der Waals surface area contributed by atoms with Gasteiger partial charge in [0.2, 0.25) is 10.0 Å². The molecule has 1 aromatic rings. The number of furan rings is 1. The van der Waals surface area contributed by atoms with Gasteiger partial charge in [-0.3, -0.25) is 4.79 Å². The maximum Gasteiger partial charge on any atom is 0.304 e. The summed E-state index contributed by atoms with van der Waals surface area (Å²) in [6, 6.07) is 3.40. The topological polar surface area (TPSA) is 87.8 Å². The first-order valence-corrected chi connectivity index (χ1v) is 8.33. The molecule has 0 radical (unpaired) electrons. The molecule has 7 heteroatoms. The first-order chi connectivity index (χ1) is 9.49. The van der Waals surface area contributed by atoms with Crippen molar-refractivity contribution in [1.82, 2.24) is 4.31 Å². The second-order valence-corrected chi connectivity index (χ2v) is 7.06. The Morgan fingerprint density at radius 1 is 1.40 bits per heavy atom. The molecule has 0 saturated heterocycles. The van der Waals surface area contributed by atoms with Crippen LogP contribution >= 0.6 is 0 Å². The van der Waals surface area contributed by atoms with Crippen LogP contribution < -0.4 is 0 Å². The maximum atomic E-state index is 12.4. The van der Waals surface area contributed by atoms with Crippen LogP contribution in [-0.4, -0.2) is 35.6 Å². The normalized spacial score (nSPS) is 16.9. The average Bonchev–Trinajstić information content (AvgIpc) is 3.06. The third-order valence-electron chi connectivity index (χ3n) is 3.55. The van der Waals surface area contributed by atoms with E-state index in [9.17, 15) is 13.2 Å². The summed E-state index contributed by atoms with van der Waals surface area (Å²) in [4.78, 5) is 10.6. The van der Waals surface area contributed by atoms with Crippen molar-refractivity contribution >= 4 is 16.0 Å². The van der Waals surface area contributed by atoms with Gasteiger partial charge in [-0.15, -0.1) is 0 Å². The van der Waals surface area contributed by atoms with E-state index in [2.05, 4.69) is 0 Å². The van der Waals surface area contributed by atoms with Gasteiger partial charge in [-0.2, -0.15) is 4.31 Å². The molecule has 1 fully saturated rings. The molecule has 0 atom stereocenters. The fraction of sp³-hybridized carbons (Fsp3) is 0.615. The lowest BCUT2D eigenvalue weighted by atomic mass is 10.2. The van der Waals surface area contributed by atoms with E-state index in [4.69, 9.17) is 9.52 Å². The van der Waals surface area contributed by atoms with Crippen molar-refractivity contribution in [1.29, 1.82) is 0 Å². The number of sulfonamides is 1. The molecule has 0 aliphatic heterocycles. The van der Waals surface area contributed by atoms with Crippen molar-refractivity contribution in [2.24, 2.45) is 0 Å².